The van der Waals surface area contributed by atoms with Crippen LogP contribution in [0.5, 0.6) is 5.75 Å². The third kappa shape index (κ3) is 4.21. The van der Waals surface area contributed by atoms with Crippen molar-refractivity contribution in [2.45, 2.75) is 31.6 Å². The number of sulfone groups is 1. The van der Waals surface area contributed by atoms with Gasteiger partial charge in [-0.2, -0.15) is 0 Å². The molecule has 1 saturated heterocycles. The van der Waals surface area contributed by atoms with E-state index in [2.05, 4.69) is 0 Å². The smallest absolute Gasteiger partial charge is 0.157 e. The lowest BCUT2D eigenvalue weighted by Gasteiger charge is -2.13. The zero-order chi connectivity index (χ0) is 13.7. The van der Waals surface area contributed by atoms with Crippen molar-refractivity contribution in [1.29, 1.82) is 0 Å². The van der Waals surface area contributed by atoms with Gasteiger partial charge in [-0.15, -0.1) is 0 Å². The van der Waals surface area contributed by atoms with E-state index in [1.807, 2.05) is 19.1 Å². The Labute approximate surface area is 114 Å². The first-order chi connectivity index (χ1) is 9.11. The number of para-hydroxylation sites is 1. The van der Waals surface area contributed by atoms with Crippen LogP contribution in [0.4, 0.5) is 0 Å². The minimum Gasteiger partial charge on any atom is -0.494 e. The van der Waals surface area contributed by atoms with Gasteiger partial charge in [0.1, 0.15) is 5.75 Å². The highest BCUT2D eigenvalue weighted by molar-refractivity contribution is 7.90. The number of benzene rings is 1. The molecular formula is C14H20O4S. The van der Waals surface area contributed by atoms with Gasteiger partial charge in [0.15, 0.2) is 9.84 Å². The summed E-state index contributed by atoms with van der Waals surface area (Å²) in [7, 11) is -3.16. The van der Waals surface area contributed by atoms with E-state index in [1.54, 1.807) is 12.1 Å². The van der Waals surface area contributed by atoms with Gasteiger partial charge in [-0.25, -0.2) is 8.42 Å². The van der Waals surface area contributed by atoms with Crippen molar-refractivity contribution < 1.29 is 17.9 Å². The molecule has 0 N–H and O–H groups in total. The maximum Gasteiger partial charge on any atom is 0.157 e. The number of hydrogen-bond acceptors (Lipinski definition) is 4. The Kier molecular flexibility index (Phi) is 4.82. The summed E-state index contributed by atoms with van der Waals surface area (Å²) in [5.74, 6) is 0.775. The molecule has 1 unspecified atom stereocenters. The molecule has 0 radical (unpaired) electrons. The standard InChI is InChI=1S/C14H20O4S/c1-2-17-14-8-4-3-6-12(14)10-19(15,16)11-13-7-5-9-18-13/h3-4,6,8,13H,2,5,7,9-11H2,1H3. The molecule has 1 aliphatic rings. The zero-order valence-corrected chi connectivity index (χ0v) is 12.0. The topological polar surface area (TPSA) is 52.6 Å². The Hall–Kier alpha value is -1.07. The van der Waals surface area contributed by atoms with Crippen LogP contribution in [-0.2, 0) is 20.3 Å². The number of hydrogen-bond donors (Lipinski definition) is 0. The summed E-state index contributed by atoms with van der Waals surface area (Å²) in [6, 6.07) is 7.29. The molecule has 5 heteroatoms. The maximum absolute atomic E-state index is 12.2. The summed E-state index contributed by atoms with van der Waals surface area (Å²) < 4.78 is 35.2. The van der Waals surface area contributed by atoms with Crippen molar-refractivity contribution in [3.8, 4) is 5.75 Å². The van der Waals surface area contributed by atoms with Crippen LogP contribution in [0.1, 0.15) is 25.3 Å². The molecule has 0 spiro atoms. The van der Waals surface area contributed by atoms with E-state index in [0.717, 1.165) is 18.4 Å². The van der Waals surface area contributed by atoms with Gasteiger partial charge in [0.2, 0.25) is 0 Å². The molecule has 4 nitrogen and oxygen atoms in total. The molecule has 0 bridgehead atoms. The molecule has 1 atom stereocenters. The third-order valence-corrected chi connectivity index (χ3v) is 4.74. The Bertz CT molecular complexity index is 504. The van der Waals surface area contributed by atoms with Crippen molar-refractivity contribution in [2.75, 3.05) is 19.0 Å². The molecule has 0 aliphatic carbocycles. The molecular weight excluding hydrogens is 264 g/mol. The average Bonchev–Trinajstić information content (AvgIpc) is 2.83. The highest BCUT2D eigenvalue weighted by Crippen LogP contribution is 2.22. The highest BCUT2D eigenvalue weighted by Gasteiger charge is 2.24. The van der Waals surface area contributed by atoms with Gasteiger partial charge in [0.25, 0.3) is 0 Å². The van der Waals surface area contributed by atoms with Crippen LogP contribution in [0.2, 0.25) is 0 Å². The Morgan fingerprint density at radius 1 is 1.37 bits per heavy atom. The first kappa shape index (κ1) is 14.3. The Balaban J connectivity index is 2.06. The second-order valence-electron chi connectivity index (χ2n) is 4.73. The molecule has 1 aliphatic heterocycles. The van der Waals surface area contributed by atoms with E-state index in [9.17, 15) is 8.42 Å². The normalized spacial score (nSPS) is 19.5. The van der Waals surface area contributed by atoms with E-state index in [4.69, 9.17) is 9.47 Å². The average molecular weight is 284 g/mol. The Morgan fingerprint density at radius 3 is 2.84 bits per heavy atom. The van der Waals surface area contributed by atoms with Crippen LogP contribution in [0.3, 0.4) is 0 Å². The quantitative estimate of drug-likeness (QED) is 0.803. The van der Waals surface area contributed by atoms with Crippen molar-refractivity contribution in [3.05, 3.63) is 29.8 Å². The van der Waals surface area contributed by atoms with Crippen LogP contribution >= 0.6 is 0 Å². The van der Waals surface area contributed by atoms with Gasteiger partial charge in [-0.05, 0) is 25.8 Å². The minimum absolute atomic E-state index is 0.0169. The van der Waals surface area contributed by atoms with E-state index < -0.39 is 9.84 Å². The first-order valence-corrected chi connectivity index (χ1v) is 8.45. The molecule has 0 saturated carbocycles. The molecule has 2 rings (SSSR count). The monoisotopic (exact) mass is 284 g/mol. The van der Waals surface area contributed by atoms with Gasteiger partial charge >= 0.3 is 0 Å². The van der Waals surface area contributed by atoms with Gasteiger partial charge in [0, 0.05) is 12.2 Å². The van der Waals surface area contributed by atoms with Crippen molar-refractivity contribution in [2.24, 2.45) is 0 Å². The number of rotatable bonds is 6. The zero-order valence-electron chi connectivity index (χ0n) is 11.2. The SMILES string of the molecule is CCOc1ccccc1CS(=O)(=O)CC1CCCO1. The van der Waals surface area contributed by atoms with Gasteiger partial charge < -0.3 is 9.47 Å². The van der Waals surface area contributed by atoms with Crippen molar-refractivity contribution >= 4 is 9.84 Å². The summed E-state index contributed by atoms with van der Waals surface area (Å²) in [4.78, 5) is 0. The summed E-state index contributed by atoms with van der Waals surface area (Å²) in [6.07, 6.45) is 1.66. The lowest BCUT2D eigenvalue weighted by atomic mass is 10.2. The molecule has 0 aromatic heterocycles. The van der Waals surface area contributed by atoms with Crippen molar-refractivity contribution in [1.82, 2.24) is 0 Å². The van der Waals surface area contributed by atoms with Gasteiger partial charge in [-0.3, -0.25) is 0 Å². The van der Waals surface area contributed by atoms with Gasteiger partial charge in [-0.1, -0.05) is 18.2 Å². The molecule has 1 heterocycles. The van der Waals surface area contributed by atoms with Crippen LogP contribution in [0, 0.1) is 0 Å². The highest BCUT2D eigenvalue weighted by atomic mass is 32.2. The predicted octanol–water partition coefficient (Wildman–Crippen LogP) is 2.18. The molecule has 106 valence electrons. The summed E-state index contributed by atoms with van der Waals surface area (Å²) in [6.45, 7) is 3.09. The molecule has 1 aromatic rings. The lowest BCUT2D eigenvalue weighted by molar-refractivity contribution is 0.127. The van der Waals surface area contributed by atoms with Crippen LogP contribution < -0.4 is 4.74 Å². The summed E-state index contributed by atoms with van der Waals surface area (Å²) in [5.41, 5.74) is 0.724. The fourth-order valence-electron chi connectivity index (χ4n) is 2.27. The largest absolute Gasteiger partial charge is 0.494 e. The second kappa shape index (κ2) is 6.39. The van der Waals surface area contributed by atoms with E-state index >= 15 is 0 Å². The second-order valence-corrected chi connectivity index (χ2v) is 6.84. The summed E-state index contributed by atoms with van der Waals surface area (Å²) in [5, 5.41) is 0. The van der Waals surface area contributed by atoms with E-state index in [-0.39, 0.29) is 17.6 Å². The van der Waals surface area contributed by atoms with E-state index in [0.29, 0.717) is 19.0 Å². The van der Waals surface area contributed by atoms with Crippen LogP contribution in [0.15, 0.2) is 24.3 Å². The fraction of sp³-hybridized carbons (Fsp3) is 0.571. The summed E-state index contributed by atoms with van der Waals surface area (Å²) >= 11 is 0. The Morgan fingerprint density at radius 2 is 2.16 bits per heavy atom. The molecule has 19 heavy (non-hydrogen) atoms. The van der Waals surface area contributed by atoms with Gasteiger partial charge in [0.05, 0.1) is 24.2 Å². The predicted molar refractivity (Wildman–Crippen MR) is 74.1 cm³/mol. The number of ether oxygens (including phenoxy) is 2. The molecule has 0 amide bonds. The lowest BCUT2D eigenvalue weighted by Crippen LogP contribution is -2.21. The van der Waals surface area contributed by atoms with Crippen molar-refractivity contribution in [3.63, 3.8) is 0 Å². The third-order valence-electron chi connectivity index (χ3n) is 3.11. The minimum atomic E-state index is -3.16. The molecule has 1 aromatic carbocycles. The fourth-order valence-corrected chi connectivity index (χ4v) is 3.93. The molecule has 1 fully saturated rings. The van der Waals surface area contributed by atoms with E-state index in [1.165, 1.54) is 0 Å². The van der Waals surface area contributed by atoms with Crippen LogP contribution in [-0.4, -0.2) is 33.5 Å². The van der Waals surface area contributed by atoms with Crippen LogP contribution in [0.25, 0.3) is 0 Å². The maximum atomic E-state index is 12.2. The first-order valence-electron chi connectivity index (χ1n) is 6.63.